The van der Waals surface area contributed by atoms with Crippen LogP contribution in [0.1, 0.15) is 32.6 Å². The van der Waals surface area contributed by atoms with Gasteiger partial charge in [-0.15, -0.1) is 0 Å². The van der Waals surface area contributed by atoms with Crippen LogP contribution in [-0.4, -0.2) is 25.7 Å². The molecule has 86 valence electrons. The molecule has 0 aromatic heterocycles. The normalized spacial score (nSPS) is 25.7. The molecule has 0 heterocycles. The van der Waals surface area contributed by atoms with Crippen molar-refractivity contribution in [1.82, 2.24) is 0 Å². The maximum atomic E-state index is 11.0. The molecule has 4 nitrogen and oxygen atoms in total. The van der Waals surface area contributed by atoms with Gasteiger partial charge < -0.3 is 9.47 Å². The largest absolute Gasteiger partial charge is 0.463 e. The van der Waals surface area contributed by atoms with Crippen LogP contribution in [0, 0.1) is 11.8 Å². The van der Waals surface area contributed by atoms with Gasteiger partial charge in [0, 0.05) is 0 Å². The van der Waals surface area contributed by atoms with E-state index in [1.807, 2.05) is 0 Å². The molecule has 0 spiro atoms. The summed E-state index contributed by atoms with van der Waals surface area (Å²) in [5.74, 6) is 0.753. The van der Waals surface area contributed by atoms with Crippen molar-refractivity contribution in [2.24, 2.45) is 11.8 Å². The summed E-state index contributed by atoms with van der Waals surface area (Å²) in [4.78, 5) is 20.8. The molecule has 1 aliphatic rings. The molecule has 0 aromatic rings. The van der Waals surface area contributed by atoms with E-state index in [-0.39, 0.29) is 13.1 Å². The standard InChI is InChI=1S/C11H18O4/c1-9-3-2-4-10(5-9)6-15-11(13)7-14-8-12/h8-10H,2-7H2,1H3. The van der Waals surface area contributed by atoms with Crippen molar-refractivity contribution in [3.8, 4) is 0 Å². The second-order valence-electron chi connectivity index (χ2n) is 4.23. The Morgan fingerprint density at radius 2 is 2.27 bits per heavy atom. The first-order chi connectivity index (χ1) is 7.22. The highest BCUT2D eigenvalue weighted by Gasteiger charge is 2.20. The zero-order valence-electron chi connectivity index (χ0n) is 9.11. The highest BCUT2D eigenvalue weighted by atomic mass is 16.6. The Labute approximate surface area is 89.9 Å². The first-order valence-electron chi connectivity index (χ1n) is 5.43. The topological polar surface area (TPSA) is 52.6 Å². The molecule has 2 atom stereocenters. The fourth-order valence-corrected chi connectivity index (χ4v) is 2.07. The van der Waals surface area contributed by atoms with Crippen LogP contribution in [0.5, 0.6) is 0 Å². The maximum absolute atomic E-state index is 11.0. The molecule has 0 aromatic carbocycles. The number of carbonyl (C=O) groups excluding carboxylic acids is 2. The van der Waals surface area contributed by atoms with Gasteiger partial charge in [-0.2, -0.15) is 0 Å². The van der Waals surface area contributed by atoms with Crippen LogP contribution in [-0.2, 0) is 19.1 Å². The average molecular weight is 214 g/mol. The summed E-state index contributed by atoms with van der Waals surface area (Å²) in [6, 6.07) is 0. The van der Waals surface area contributed by atoms with Crippen LogP contribution in [0.25, 0.3) is 0 Å². The summed E-state index contributed by atoms with van der Waals surface area (Å²) in [5, 5.41) is 0. The number of carbonyl (C=O) groups is 2. The Bertz CT molecular complexity index is 215. The Balaban J connectivity index is 2.12. The molecule has 1 saturated carbocycles. The van der Waals surface area contributed by atoms with Crippen molar-refractivity contribution in [2.45, 2.75) is 32.6 Å². The highest BCUT2D eigenvalue weighted by molar-refractivity contribution is 5.71. The molecular formula is C11H18O4. The molecule has 1 rings (SSSR count). The van der Waals surface area contributed by atoms with Crippen molar-refractivity contribution < 1.29 is 19.1 Å². The first kappa shape index (κ1) is 12.0. The van der Waals surface area contributed by atoms with E-state index < -0.39 is 5.97 Å². The lowest BCUT2D eigenvalue weighted by atomic mass is 9.83. The van der Waals surface area contributed by atoms with E-state index in [9.17, 15) is 9.59 Å². The van der Waals surface area contributed by atoms with E-state index >= 15 is 0 Å². The van der Waals surface area contributed by atoms with Gasteiger partial charge in [-0.25, -0.2) is 4.79 Å². The fourth-order valence-electron chi connectivity index (χ4n) is 2.07. The molecule has 4 heteroatoms. The Hall–Kier alpha value is -1.06. The van der Waals surface area contributed by atoms with E-state index in [4.69, 9.17) is 4.74 Å². The third-order valence-corrected chi connectivity index (χ3v) is 2.79. The van der Waals surface area contributed by atoms with Crippen molar-refractivity contribution in [3.05, 3.63) is 0 Å². The Morgan fingerprint density at radius 3 is 2.93 bits per heavy atom. The molecule has 0 amide bonds. The van der Waals surface area contributed by atoms with Gasteiger partial charge in [0.15, 0.2) is 6.61 Å². The van der Waals surface area contributed by atoms with Crippen LogP contribution in [0.4, 0.5) is 0 Å². The molecular weight excluding hydrogens is 196 g/mol. The Morgan fingerprint density at radius 1 is 1.47 bits per heavy atom. The summed E-state index contributed by atoms with van der Waals surface area (Å²) in [7, 11) is 0. The number of rotatable bonds is 5. The molecule has 2 unspecified atom stereocenters. The number of hydrogen-bond donors (Lipinski definition) is 0. The zero-order chi connectivity index (χ0) is 11.1. The Kier molecular flexibility index (Phi) is 5.15. The van der Waals surface area contributed by atoms with E-state index in [1.165, 1.54) is 12.8 Å². The predicted molar refractivity (Wildman–Crippen MR) is 54.1 cm³/mol. The summed E-state index contributed by atoms with van der Waals surface area (Å²) in [5.41, 5.74) is 0. The van der Waals surface area contributed by atoms with Crippen LogP contribution < -0.4 is 0 Å². The molecule has 0 radical (unpaired) electrons. The minimum atomic E-state index is -0.458. The van der Waals surface area contributed by atoms with Crippen molar-refractivity contribution in [3.63, 3.8) is 0 Å². The molecule has 0 bridgehead atoms. The lowest BCUT2D eigenvalue weighted by Crippen LogP contribution is -2.22. The highest BCUT2D eigenvalue weighted by Crippen LogP contribution is 2.28. The van der Waals surface area contributed by atoms with Crippen LogP contribution in [0.2, 0.25) is 0 Å². The van der Waals surface area contributed by atoms with E-state index in [0.29, 0.717) is 12.5 Å². The number of ether oxygens (including phenoxy) is 2. The number of hydrogen-bond acceptors (Lipinski definition) is 4. The lowest BCUT2D eigenvalue weighted by molar-refractivity contribution is -0.154. The monoisotopic (exact) mass is 214 g/mol. The second kappa shape index (κ2) is 6.43. The van der Waals surface area contributed by atoms with Gasteiger partial charge in [0.2, 0.25) is 0 Å². The maximum Gasteiger partial charge on any atom is 0.344 e. The quantitative estimate of drug-likeness (QED) is 0.514. The van der Waals surface area contributed by atoms with Gasteiger partial charge in [0.05, 0.1) is 6.61 Å². The lowest BCUT2D eigenvalue weighted by Gasteiger charge is -2.26. The van der Waals surface area contributed by atoms with Crippen molar-refractivity contribution >= 4 is 12.4 Å². The summed E-state index contributed by atoms with van der Waals surface area (Å²) >= 11 is 0. The molecule has 0 saturated heterocycles. The SMILES string of the molecule is CC1CCCC(COC(=O)COC=O)C1. The molecule has 1 fully saturated rings. The van der Waals surface area contributed by atoms with Crippen molar-refractivity contribution in [2.75, 3.05) is 13.2 Å². The fraction of sp³-hybridized carbons (Fsp3) is 0.818. The van der Waals surface area contributed by atoms with Crippen molar-refractivity contribution in [1.29, 1.82) is 0 Å². The van der Waals surface area contributed by atoms with Gasteiger partial charge in [0.1, 0.15) is 0 Å². The molecule has 15 heavy (non-hydrogen) atoms. The van der Waals surface area contributed by atoms with Gasteiger partial charge in [0.25, 0.3) is 6.47 Å². The summed E-state index contributed by atoms with van der Waals surface area (Å²) in [6.07, 6.45) is 4.75. The summed E-state index contributed by atoms with van der Waals surface area (Å²) < 4.78 is 9.31. The molecule has 0 N–H and O–H groups in total. The van der Waals surface area contributed by atoms with Gasteiger partial charge in [-0.05, 0) is 24.7 Å². The first-order valence-corrected chi connectivity index (χ1v) is 5.43. The zero-order valence-corrected chi connectivity index (χ0v) is 9.11. The smallest absolute Gasteiger partial charge is 0.344 e. The molecule has 0 aliphatic heterocycles. The van der Waals surface area contributed by atoms with E-state index in [2.05, 4.69) is 11.7 Å². The van der Waals surface area contributed by atoms with Gasteiger partial charge in [-0.3, -0.25) is 4.79 Å². The van der Waals surface area contributed by atoms with Gasteiger partial charge >= 0.3 is 5.97 Å². The van der Waals surface area contributed by atoms with Crippen LogP contribution in [0.15, 0.2) is 0 Å². The van der Waals surface area contributed by atoms with Crippen LogP contribution >= 0.6 is 0 Å². The third kappa shape index (κ3) is 4.81. The average Bonchev–Trinajstić information content (AvgIpc) is 2.23. The van der Waals surface area contributed by atoms with E-state index in [0.717, 1.165) is 18.8 Å². The van der Waals surface area contributed by atoms with E-state index in [1.54, 1.807) is 0 Å². The number of esters is 1. The second-order valence-corrected chi connectivity index (χ2v) is 4.23. The third-order valence-electron chi connectivity index (χ3n) is 2.79. The molecule has 1 aliphatic carbocycles. The minimum Gasteiger partial charge on any atom is -0.463 e. The van der Waals surface area contributed by atoms with Gasteiger partial charge in [-0.1, -0.05) is 19.8 Å². The summed E-state index contributed by atoms with van der Waals surface area (Å²) in [6.45, 7) is 2.67. The predicted octanol–water partition coefficient (Wildman–Crippen LogP) is 1.53. The van der Waals surface area contributed by atoms with Crippen LogP contribution in [0.3, 0.4) is 0 Å². The minimum absolute atomic E-state index is 0.254.